The van der Waals surface area contributed by atoms with Gasteiger partial charge in [0.15, 0.2) is 0 Å². The minimum absolute atomic E-state index is 0.141. The summed E-state index contributed by atoms with van der Waals surface area (Å²) in [6, 6.07) is 19.5. The topological polar surface area (TPSA) is 44.8 Å². The zero-order valence-corrected chi connectivity index (χ0v) is 25.1. The average molecular weight is 632 g/mol. The molecule has 0 aliphatic carbocycles. The number of hydrogen-bond acceptors (Lipinski definition) is 4. The van der Waals surface area contributed by atoms with Crippen molar-refractivity contribution in [3.63, 3.8) is 0 Å². The van der Waals surface area contributed by atoms with Gasteiger partial charge in [0.05, 0.1) is 27.2 Å². The third kappa shape index (κ3) is 9.50. The Morgan fingerprint density at radius 3 is 1.89 bits per heavy atom. The molecule has 0 bridgehead atoms. The first-order valence-electron chi connectivity index (χ1n) is 13.0. The molecule has 0 unspecified atom stereocenters. The number of carbonyl (C=O) groups excluding carboxylic acids is 1. The van der Waals surface area contributed by atoms with Crippen LogP contribution in [0.15, 0.2) is 69.6 Å². The van der Waals surface area contributed by atoms with Crippen LogP contribution in [-0.2, 0) is 11.3 Å². The number of esters is 1. The molecule has 3 aromatic carbocycles. The molecule has 0 heterocycles. The summed E-state index contributed by atoms with van der Waals surface area (Å²) in [6.07, 6.45) is 7.36. The van der Waals surface area contributed by atoms with E-state index >= 15 is 0 Å². The number of carbonyl (C=O) groups is 1. The van der Waals surface area contributed by atoms with Gasteiger partial charge in [0.2, 0.25) is 0 Å². The van der Waals surface area contributed by atoms with Crippen LogP contribution in [0.3, 0.4) is 0 Å². The summed E-state index contributed by atoms with van der Waals surface area (Å²) in [6.45, 7) is 7.05. The standard InChI is InChI=1S/C31H36Br2O4/c1-4-5-6-7-8-9-18-35-29-16-14-25(19-27(29)32)26-15-17-30(28(33)20-26)36-21-23-10-12-24(13-11-23)31(34)37-22(2)3/h10-17,19-20,22H,4-9,18,21H2,1-3H3. The number of benzene rings is 3. The molecule has 0 aromatic heterocycles. The van der Waals surface area contributed by atoms with Gasteiger partial charge in [-0.25, -0.2) is 4.79 Å². The molecule has 0 radical (unpaired) electrons. The van der Waals surface area contributed by atoms with E-state index in [4.69, 9.17) is 14.2 Å². The largest absolute Gasteiger partial charge is 0.492 e. The Morgan fingerprint density at radius 1 is 0.757 bits per heavy atom. The fourth-order valence-electron chi connectivity index (χ4n) is 3.84. The highest BCUT2D eigenvalue weighted by molar-refractivity contribution is 9.11. The zero-order valence-electron chi connectivity index (χ0n) is 21.9. The molecule has 0 saturated heterocycles. The molecule has 0 spiro atoms. The number of unbranched alkanes of at least 4 members (excludes halogenated alkanes) is 5. The van der Waals surface area contributed by atoms with Crippen molar-refractivity contribution < 1.29 is 19.0 Å². The quantitative estimate of drug-likeness (QED) is 0.131. The van der Waals surface area contributed by atoms with E-state index in [9.17, 15) is 4.79 Å². The van der Waals surface area contributed by atoms with Crippen molar-refractivity contribution in [1.29, 1.82) is 0 Å². The molecule has 0 atom stereocenters. The van der Waals surface area contributed by atoms with E-state index in [1.165, 1.54) is 32.1 Å². The maximum Gasteiger partial charge on any atom is 0.338 e. The van der Waals surface area contributed by atoms with E-state index < -0.39 is 0 Å². The van der Waals surface area contributed by atoms with Crippen LogP contribution in [0.1, 0.15) is 75.2 Å². The molecule has 3 aromatic rings. The summed E-state index contributed by atoms with van der Waals surface area (Å²) in [5, 5.41) is 0. The number of rotatable bonds is 14. The Bertz CT molecular complexity index is 1140. The predicted molar refractivity (Wildman–Crippen MR) is 157 cm³/mol. The average Bonchev–Trinajstić information content (AvgIpc) is 2.88. The third-order valence-corrected chi connectivity index (χ3v) is 7.12. The molecular weight excluding hydrogens is 596 g/mol. The lowest BCUT2D eigenvalue weighted by Crippen LogP contribution is -2.11. The normalized spacial score (nSPS) is 11.0. The summed E-state index contributed by atoms with van der Waals surface area (Å²) in [5.74, 6) is 1.31. The van der Waals surface area contributed by atoms with Gasteiger partial charge in [-0.05, 0) is 105 Å². The van der Waals surface area contributed by atoms with Gasteiger partial charge < -0.3 is 14.2 Å². The van der Waals surface area contributed by atoms with E-state index in [1.807, 2.05) is 44.2 Å². The number of ether oxygens (including phenoxy) is 3. The van der Waals surface area contributed by atoms with Crippen molar-refractivity contribution in [3.05, 3.63) is 80.7 Å². The monoisotopic (exact) mass is 630 g/mol. The lowest BCUT2D eigenvalue weighted by Gasteiger charge is -2.12. The second-order valence-electron chi connectivity index (χ2n) is 9.35. The van der Waals surface area contributed by atoms with Crippen molar-refractivity contribution >= 4 is 37.8 Å². The molecule has 0 N–H and O–H groups in total. The van der Waals surface area contributed by atoms with Gasteiger partial charge in [0.1, 0.15) is 18.1 Å². The van der Waals surface area contributed by atoms with Gasteiger partial charge in [-0.15, -0.1) is 0 Å². The van der Waals surface area contributed by atoms with Gasteiger partial charge in [-0.3, -0.25) is 0 Å². The highest BCUT2D eigenvalue weighted by Gasteiger charge is 2.10. The van der Waals surface area contributed by atoms with Crippen LogP contribution >= 0.6 is 31.9 Å². The summed E-state index contributed by atoms with van der Waals surface area (Å²) in [7, 11) is 0. The minimum atomic E-state index is -0.315. The third-order valence-electron chi connectivity index (χ3n) is 5.88. The van der Waals surface area contributed by atoms with E-state index in [-0.39, 0.29) is 12.1 Å². The Morgan fingerprint density at radius 2 is 1.32 bits per heavy atom. The van der Waals surface area contributed by atoms with Gasteiger partial charge in [0, 0.05) is 0 Å². The molecule has 6 heteroatoms. The van der Waals surface area contributed by atoms with Crippen molar-refractivity contribution in [2.75, 3.05) is 6.61 Å². The minimum Gasteiger partial charge on any atom is -0.492 e. The predicted octanol–water partition coefficient (Wildman–Crippen LogP) is 9.76. The Hall–Kier alpha value is -2.31. The molecule has 0 amide bonds. The van der Waals surface area contributed by atoms with E-state index in [0.717, 1.165) is 50.2 Å². The lowest BCUT2D eigenvalue weighted by atomic mass is 10.1. The lowest BCUT2D eigenvalue weighted by molar-refractivity contribution is 0.0378. The van der Waals surface area contributed by atoms with Crippen LogP contribution < -0.4 is 9.47 Å². The summed E-state index contributed by atoms with van der Waals surface area (Å²) in [4.78, 5) is 12.0. The van der Waals surface area contributed by atoms with Crippen molar-refractivity contribution in [1.82, 2.24) is 0 Å². The Labute approximate surface area is 238 Å². The second kappa shape index (κ2) is 15.2. The first kappa shape index (κ1) is 29.2. The summed E-state index contributed by atoms with van der Waals surface area (Å²) < 4.78 is 19.1. The summed E-state index contributed by atoms with van der Waals surface area (Å²) >= 11 is 7.31. The molecule has 198 valence electrons. The van der Waals surface area contributed by atoms with Crippen molar-refractivity contribution in [2.24, 2.45) is 0 Å². The Kier molecular flexibility index (Phi) is 12.0. The number of hydrogen-bond donors (Lipinski definition) is 0. The fraction of sp³-hybridized carbons (Fsp3) is 0.387. The van der Waals surface area contributed by atoms with Crippen LogP contribution in [0.4, 0.5) is 0 Å². The van der Waals surface area contributed by atoms with Gasteiger partial charge in [-0.1, -0.05) is 63.3 Å². The first-order chi connectivity index (χ1) is 17.9. The molecule has 0 aliphatic rings. The smallest absolute Gasteiger partial charge is 0.338 e. The van der Waals surface area contributed by atoms with E-state index in [1.54, 1.807) is 12.1 Å². The van der Waals surface area contributed by atoms with Crippen LogP contribution in [-0.4, -0.2) is 18.7 Å². The molecule has 0 fully saturated rings. The SMILES string of the molecule is CCCCCCCCOc1ccc(-c2ccc(OCc3ccc(C(=O)OC(C)C)cc3)c(Br)c2)cc1Br. The molecule has 37 heavy (non-hydrogen) atoms. The van der Waals surface area contributed by atoms with Crippen molar-refractivity contribution in [2.45, 2.75) is 72.0 Å². The van der Waals surface area contributed by atoms with E-state index in [2.05, 4.69) is 57.0 Å². The maximum absolute atomic E-state index is 12.0. The van der Waals surface area contributed by atoms with Crippen LogP contribution in [0.25, 0.3) is 11.1 Å². The highest BCUT2D eigenvalue weighted by Crippen LogP contribution is 2.35. The maximum atomic E-state index is 12.0. The Balaban J connectivity index is 1.53. The molecule has 4 nitrogen and oxygen atoms in total. The summed E-state index contributed by atoms with van der Waals surface area (Å²) in [5.41, 5.74) is 3.68. The molecule has 3 rings (SSSR count). The fourth-order valence-corrected chi connectivity index (χ4v) is 4.83. The molecule has 0 saturated carbocycles. The van der Waals surface area contributed by atoms with Crippen LogP contribution in [0, 0.1) is 0 Å². The number of halogens is 2. The zero-order chi connectivity index (χ0) is 26.6. The van der Waals surface area contributed by atoms with Gasteiger partial charge in [-0.2, -0.15) is 0 Å². The second-order valence-corrected chi connectivity index (χ2v) is 11.1. The van der Waals surface area contributed by atoms with E-state index in [0.29, 0.717) is 12.2 Å². The van der Waals surface area contributed by atoms with Gasteiger partial charge in [0.25, 0.3) is 0 Å². The molecule has 0 aliphatic heterocycles. The molecular formula is C31H36Br2O4. The van der Waals surface area contributed by atoms with Crippen LogP contribution in [0.5, 0.6) is 11.5 Å². The van der Waals surface area contributed by atoms with Crippen LogP contribution in [0.2, 0.25) is 0 Å². The first-order valence-corrected chi connectivity index (χ1v) is 14.6. The van der Waals surface area contributed by atoms with Crippen molar-refractivity contribution in [3.8, 4) is 22.6 Å². The van der Waals surface area contributed by atoms with Gasteiger partial charge >= 0.3 is 5.97 Å². The highest BCUT2D eigenvalue weighted by atomic mass is 79.9.